The minimum Gasteiger partial charge on any atom is -0.375 e. The van der Waals surface area contributed by atoms with Gasteiger partial charge in [-0.15, -0.1) is 11.6 Å². The molecule has 0 aromatic heterocycles. The van der Waals surface area contributed by atoms with E-state index in [2.05, 4.69) is 20.9 Å². The molecule has 2 aliphatic carbocycles. The number of nitrogens with one attached hydrogen (secondary N) is 4. The number of rotatable bonds is 6. The SMILES string of the molecule is CC(C)OC1CCCC(NC(=O)C2NNSC2NC(=O)C2CCCC(Cl)C2)C1. The third-order valence-electron chi connectivity index (χ3n) is 5.69. The summed E-state index contributed by atoms with van der Waals surface area (Å²) < 4.78 is 5.93. The second-order valence-corrected chi connectivity index (χ2v) is 9.98. The van der Waals surface area contributed by atoms with Crippen LogP contribution in [-0.4, -0.2) is 46.9 Å². The number of halogens is 1. The van der Waals surface area contributed by atoms with Crippen molar-refractivity contribution < 1.29 is 14.3 Å². The van der Waals surface area contributed by atoms with Crippen LogP contribution in [0.5, 0.6) is 0 Å². The van der Waals surface area contributed by atoms with Gasteiger partial charge in [0.05, 0.1) is 12.2 Å². The van der Waals surface area contributed by atoms with E-state index in [4.69, 9.17) is 16.3 Å². The first-order chi connectivity index (χ1) is 13.4. The second-order valence-electron chi connectivity index (χ2n) is 8.41. The molecule has 2 saturated carbocycles. The highest BCUT2D eigenvalue weighted by molar-refractivity contribution is 7.98. The Kier molecular flexibility index (Phi) is 8.29. The van der Waals surface area contributed by atoms with Crippen LogP contribution in [0.3, 0.4) is 0 Å². The number of ether oxygens (including phenoxy) is 1. The van der Waals surface area contributed by atoms with Crippen LogP contribution in [0, 0.1) is 5.92 Å². The maximum Gasteiger partial charge on any atom is 0.241 e. The summed E-state index contributed by atoms with van der Waals surface area (Å²) in [4.78, 5) is 28.4. The molecule has 2 amide bonds. The van der Waals surface area contributed by atoms with Crippen LogP contribution in [-0.2, 0) is 14.3 Å². The van der Waals surface area contributed by atoms with Gasteiger partial charge in [0.25, 0.3) is 0 Å². The first-order valence-corrected chi connectivity index (χ1v) is 11.8. The topological polar surface area (TPSA) is 91.5 Å². The molecule has 1 aliphatic heterocycles. The van der Waals surface area contributed by atoms with Crippen LogP contribution in [0.15, 0.2) is 0 Å². The highest BCUT2D eigenvalue weighted by Gasteiger charge is 2.38. The Hall–Kier alpha value is -0.540. The molecule has 0 bridgehead atoms. The van der Waals surface area contributed by atoms with E-state index in [0.717, 1.165) is 44.9 Å². The molecular formula is C19H33ClN4O3S. The predicted molar refractivity (Wildman–Crippen MR) is 112 cm³/mol. The fourth-order valence-electron chi connectivity index (χ4n) is 4.32. The van der Waals surface area contributed by atoms with Gasteiger partial charge in [-0.1, -0.05) is 6.42 Å². The van der Waals surface area contributed by atoms with Crippen molar-refractivity contribution in [3.05, 3.63) is 0 Å². The third-order valence-corrected chi connectivity index (χ3v) is 6.96. The van der Waals surface area contributed by atoms with Crippen LogP contribution in [0.4, 0.5) is 0 Å². The molecule has 6 atom stereocenters. The molecule has 3 rings (SSSR count). The van der Waals surface area contributed by atoms with E-state index < -0.39 is 6.04 Å². The fraction of sp³-hybridized carbons (Fsp3) is 0.895. The average Bonchev–Trinajstić information content (AvgIpc) is 3.09. The molecule has 3 fully saturated rings. The summed E-state index contributed by atoms with van der Waals surface area (Å²) in [6.45, 7) is 4.08. The van der Waals surface area contributed by atoms with E-state index in [0.29, 0.717) is 6.42 Å². The van der Waals surface area contributed by atoms with Crippen molar-refractivity contribution in [2.24, 2.45) is 5.92 Å². The molecule has 160 valence electrons. The van der Waals surface area contributed by atoms with Gasteiger partial charge in [0, 0.05) is 17.3 Å². The van der Waals surface area contributed by atoms with Gasteiger partial charge in [0.2, 0.25) is 11.8 Å². The van der Waals surface area contributed by atoms with E-state index in [1.54, 1.807) is 0 Å². The number of hydrazine groups is 1. The van der Waals surface area contributed by atoms with E-state index in [1.165, 1.54) is 11.9 Å². The average molecular weight is 433 g/mol. The van der Waals surface area contributed by atoms with Gasteiger partial charge in [-0.3, -0.25) is 9.59 Å². The van der Waals surface area contributed by atoms with E-state index in [-0.39, 0.29) is 46.7 Å². The van der Waals surface area contributed by atoms with Crippen LogP contribution >= 0.6 is 23.5 Å². The normalized spacial score (nSPS) is 36.3. The van der Waals surface area contributed by atoms with Crippen LogP contribution < -0.4 is 20.9 Å². The van der Waals surface area contributed by atoms with Crippen molar-refractivity contribution in [3.8, 4) is 0 Å². The van der Waals surface area contributed by atoms with Crippen molar-refractivity contribution in [2.45, 2.75) is 100 Å². The van der Waals surface area contributed by atoms with Crippen molar-refractivity contribution in [1.29, 1.82) is 0 Å². The zero-order valence-corrected chi connectivity index (χ0v) is 18.3. The molecular weight excluding hydrogens is 400 g/mol. The van der Waals surface area contributed by atoms with Crippen LogP contribution in [0.1, 0.15) is 65.2 Å². The summed E-state index contributed by atoms with van der Waals surface area (Å²) in [6, 6.07) is -0.389. The first-order valence-electron chi connectivity index (χ1n) is 10.5. The van der Waals surface area contributed by atoms with Crippen molar-refractivity contribution in [3.63, 3.8) is 0 Å². The van der Waals surface area contributed by atoms with Crippen molar-refractivity contribution >= 4 is 35.4 Å². The van der Waals surface area contributed by atoms with E-state index >= 15 is 0 Å². The molecule has 1 heterocycles. The minimum atomic E-state index is -0.504. The number of hydrogen-bond acceptors (Lipinski definition) is 6. The Bertz CT molecular complexity index is 553. The summed E-state index contributed by atoms with van der Waals surface area (Å²) in [7, 11) is 0. The zero-order valence-electron chi connectivity index (χ0n) is 16.7. The molecule has 6 unspecified atom stereocenters. The van der Waals surface area contributed by atoms with Gasteiger partial charge in [-0.05, 0) is 70.7 Å². The molecule has 9 heteroatoms. The number of carbonyl (C=O) groups is 2. The summed E-state index contributed by atoms with van der Waals surface area (Å²) in [6.07, 6.45) is 7.83. The molecule has 1 saturated heterocycles. The Balaban J connectivity index is 1.49. The summed E-state index contributed by atoms with van der Waals surface area (Å²) >= 11 is 7.55. The maximum atomic E-state index is 12.8. The van der Waals surface area contributed by atoms with Gasteiger partial charge < -0.3 is 15.4 Å². The van der Waals surface area contributed by atoms with Crippen LogP contribution in [0.25, 0.3) is 0 Å². The number of carbonyl (C=O) groups excluding carboxylic acids is 2. The van der Waals surface area contributed by atoms with Crippen LogP contribution in [0.2, 0.25) is 0 Å². The molecule has 3 aliphatic rings. The lowest BCUT2D eigenvalue weighted by molar-refractivity contribution is -0.127. The lowest BCUT2D eigenvalue weighted by Gasteiger charge is -2.32. The van der Waals surface area contributed by atoms with E-state index in [9.17, 15) is 9.59 Å². The lowest BCUT2D eigenvalue weighted by Crippen LogP contribution is -2.55. The highest BCUT2D eigenvalue weighted by Crippen LogP contribution is 2.29. The molecule has 0 spiro atoms. The monoisotopic (exact) mass is 432 g/mol. The third kappa shape index (κ3) is 6.23. The number of hydrogen-bond donors (Lipinski definition) is 4. The Morgan fingerprint density at radius 3 is 2.61 bits per heavy atom. The lowest BCUT2D eigenvalue weighted by atomic mass is 9.88. The molecule has 0 aromatic rings. The second kappa shape index (κ2) is 10.5. The first kappa shape index (κ1) is 22.2. The smallest absolute Gasteiger partial charge is 0.241 e. The maximum absolute atomic E-state index is 12.8. The zero-order chi connectivity index (χ0) is 20.1. The summed E-state index contributed by atoms with van der Waals surface area (Å²) in [5.41, 5.74) is 2.99. The Morgan fingerprint density at radius 2 is 1.86 bits per heavy atom. The minimum absolute atomic E-state index is 0.00536. The Labute approximate surface area is 176 Å². The van der Waals surface area contributed by atoms with Gasteiger partial charge >= 0.3 is 0 Å². The predicted octanol–water partition coefficient (Wildman–Crippen LogP) is 2.20. The largest absolute Gasteiger partial charge is 0.375 e. The number of alkyl halides is 1. The fourth-order valence-corrected chi connectivity index (χ4v) is 5.52. The Morgan fingerprint density at radius 1 is 1.07 bits per heavy atom. The summed E-state index contributed by atoms with van der Waals surface area (Å²) in [5, 5.41) is 5.91. The summed E-state index contributed by atoms with van der Waals surface area (Å²) in [5.74, 6) is -0.153. The molecule has 28 heavy (non-hydrogen) atoms. The molecule has 7 nitrogen and oxygen atoms in total. The number of amides is 2. The van der Waals surface area contributed by atoms with Gasteiger partial charge in [0.1, 0.15) is 11.4 Å². The van der Waals surface area contributed by atoms with Gasteiger partial charge in [-0.2, -0.15) is 4.83 Å². The highest BCUT2D eigenvalue weighted by atomic mass is 35.5. The van der Waals surface area contributed by atoms with Crippen molar-refractivity contribution in [2.75, 3.05) is 0 Å². The quantitative estimate of drug-likeness (QED) is 0.380. The van der Waals surface area contributed by atoms with Crippen molar-refractivity contribution in [1.82, 2.24) is 20.9 Å². The molecule has 0 radical (unpaired) electrons. The van der Waals surface area contributed by atoms with Gasteiger partial charge in [-0.25, -0.2) is 5.43 Å². The molecule has 0 aromatic carbocycles. The van der Waals surface area contributed by atoms with E-state index in [1.807, 2.05) is 13.8 Å². The molecule has 4 N–H and O–H groups in total. The standard InChI is InChI=1S/C19H33ClN4O3S/c1-11(2)27-15-8-4-7-14(10-15)21-18(26)16-19(28-24-23-16)22-17(25)12-5-3-6-13(20)9-12/h11-16,19,23-24H,3-10H2,1-2H3,(H,21,26)(H,22,25). The van der Waals surface area contributed by atoms with Gasteiger partial charge in [0.15, 0.2) is 0 Å².